The topological polar surface area (TPSA) is 75.4 Å². The Morgan fingerprint density at radius 3 is 2.65 bits per heavy atom. The SMILES string of the molecule is CCc1cc(N2CCN(C(=O)Cc3cc(C)no3)CC2)ncn1. The third-order valence-electron chi connectivity index (χ3n) is 4.03. The first-order valence-corrected chi connectivity index (χ1v) is 7.91. The number of rotatable bonds is 4. The molecule has 3 heterocycles. The average molecular weight is 315 g/mol. The van der Waals surface area contributed by atoms with Gasteiger partial charge in [-0.1, -0.05) is 12.1 Å². The minimum atomic E-state index is 0.0812. The Hall–Kier alpha value is -2.44. The number of carbonyl (C=O) groups excluding carboxylic acids is 1. The molecule has 7 heteroatoms. The van der Waals surface area contributed by atoms with Gasteiger partial charge < -0.3 is 14.3 Å². The van der Waals surface area contributed by atoms with Gasteiger partial charge in [-0.05, 0) is 13.3 Å². The highest BCUT2D eigenvalue weighted by atomic mass is 16.5. The molecule has 1 amide bonds. The highest BCUT2D eigenvalue weighted by molar-refractivity contribution is 5.78. The van der Waals surface area contributed by atoms with Crippen LogP contribution in [0.2, 0.25) is 0 Å². The van der Waals surface area contributed by atoms with Crippen LogP contribution in [0.3, 0.4) is 0 Å². The van der Waals surface area contributed by atoms with E-state index < -0.39 is 0 Å². The van der Waals surface area contributed by atoms with E-state index in [1.54, 1.807) is 12.4 Å². The summed E-state index contributed by atoms with van der Waals surface area (Å²) in [7, 11) is 0. The number of carbonyl (C=O) groups is 1. The fourth-order valence-corrected chi connectivity index (χ4v) is 2.70. The van der Waals surface area contributed by atoms with Crippen molar-refractivity contribution in [3.63, 3.8) is 0 Å². The molecule has 2 aromatic rings. The zero-order valence-corrected chi connectivity index (χ0v) is 13.5. The Kier molecular flexibility index (Phi) is 4.55. The first-order valence-electron chi connectivity index (χ1n) is 7.91. The number of hydrogen-bond acceptors (Lipinski definition) is 6. The minimum Gasteiger partial charge on any atom is -0.361 e. The van der Waals surface area contributed by atoms with Gasteiger partial charge in [0.2, 0.25) is 5.91 Å². The van der Waals surface area contributed by atoms with Crippen LogP contribution in [0, 0.1) is 6.92 Å². The predicted octanol–water partition coefficient (Wildman–Crippen LogP) is 1.23. The van der Waals surface area contributed by atoms with Crippen molar-refractivity contribution in [3.8, 4) is 0 Å². The molecule has 2 aromatic heterocycles. The molecule has 0 atom stereocenters. The third-order valence-corrected chi connectivity index (χ3v) is 4.03. The summed E-state index contributed by atoms with van der Waals surface area (Å²) in [6.45, 7) is 6.87. The van der Waals surface area contributed by atoms with E-state index in [0.29, 0.717) is 18.8 Å². The Balaban J connectivity index is 1.56. The zero-order chi connectivity index (χ0) is 16.2. The molecule has 0 spiro atoms. The van der Waals surface area contributed by atoms with Crippen molar-refractivity contribution in [2.24, 2.45) is 0 Å². The number of nitrogens with zero attached hydrogens (tertiary/aromatic N) is 5. The van der Waals surface area contributed by atoms with Crippen molar-refractivity contribution in [1.29, 1.82) is 0 Å². The molecule has 0 aliphatic carbocycles. The summed E-state index contributed by atoms with van der Waals surface area (Å²) in [6.07, 6.45) is 2.77. The van der Waals surface area contributed by atoms with Crippen molar-refractivity contribution in [3.05, 3.63) is 35.6 Å². The third kappa shape index (κ3) is 3.67. The van der Waals surface area contributed by atoms with E-state index in [4.69, 9.17) is 4.52 Å². The van der Waals surface area contributed by atoms with Crippen LogP contribution in [0.4, 0.5) is 5.82 Å². The maximum atomic E-state index is 12.3. The second kappa shape index (κ2) is 6.76. The number of amides is 1. The van der Waals surface area contributed by atoms with E-state index in [2.05, 4.69) is 26.9 Å². The molecule has 0 unspecified atom stereocenters. The van der Waals surface area contributed by atoms with Gasteiger partial charge in [0.25, 0.3) is 0 Å². The van der Waals surface area contributed by atoms with Crippen LogP contribution in [0.5, 0.6) is 0 Å². The molecule has 7 nitrogen and oxygen atoms in total. The van der Waals surface area contributed by atoms with Crippen molar-refractivity contribution in [2.75, 3.05) is 31.1 Å². The molecule has 1 aliphatic heterocycles. The molecule has 0 saturated carbocycles. The summed E-state index contributed by atoms with van der Waals surface area (Å²) in [4.78, 5) is 24.9. The Morgan fingerprint density at radius 2 is 2.00 bits per heavy atom. The highest BCUT2D eigenvalue weighted by Gasteiger charge is 2.23. The van der Waals surface area contributed by atoms with Gasteiger partial charge in [0, 0.05) is 44.0 Å². The van der Waals surface area contributed by atoms with E-state index in [1.165, 1.54) is 0 Å². The van der Waals surface area contributed by atoms with E-state index in [9.17, 15) is 4.79 Å². The maximum absolute atomic E-state index is 12.3. The first-order chi connectivity index (χ1) is 11.2. The largest absolute Gasteiger partial charge is 0.361 e. The molecule has 0 aromatic carbocycles. The average Bonchev–Trinajstić information content (AvgIpc) is 3.00. The lowest BCUT2D eigenvalue weighted by atomic mass is 10.2. The van der Waals surface area contributed by atoms with Crippen LogP contribution in [0.1, 0.15) is 24.1 Å². The molecule has 1 fully saturated rings. The molecule has 23 heavy (non-hydrogen) atoms. The van der Waals surface area contributed by atoms with Gasteiger partial charge in [-0.2, -0.15) is 0 Å². The van der Waals surface area contributed by atoms with Crippen molar-refractivity contribution in [2.45, 2.75) is 26.7 Å². The van der Waals surface area contributed by atoms with E-state index in [-0.39, 0.29) is 12.3 Å². The minimum absolute atomic E-state index is 0.0812. The molecular weight excluding hydrogens is 294 g/mol. The number of anilines is 1. The Bertz CT molecular complexity index is 677. The summed E-state index contributed by atoms with van der Waals surface area (Å²) < 4.78 is 5.12. The number of aryl methyl sites for hydroxylation is 2. The van der Waals surface area contributed by atoms with Crippen LogP contribution >= 0.6 is 0 Å². The number of hydrogen-bond donors (Lipinski definition) is 0. The van der Waals surface area contributed by atoms with Gasteiger partial charge in [0.1, 0.15) is 17.9 Å². The predicted molar refractivity (Wildman–Crippen MR) is 85.1 cm³/mol. The molecule has 0 N–H and O–H groups in total. The lowest BCUT2D eigenvalue weighted by molar-refractivity contribution is -0.131. The summed E-state index contributed by atoms with van der Waals surface area (Å²) in [5.41, 5.74) is 1.84. The molecule has 0 bridgehead atoms. The Morgan fingerprint density at radius 1 is 1.22 bits per heavy atom. The maximum Gasteiger partial charge on any atom is 0.230 e. The first kappa shape index (κ1) is 15.5. The van der Waals surface area contributed by atoms with Gasteiger partial charge in [-0.3, -0.25) is 4.79 Å². The second-order valence-corrected chi connectivity index (χ2v) is 5.70. The van der Waals surface area contributed by atoms with Gasteiger partial charge in [0.15, 0.2) is 0 Å². The van der Waals surface area contributed by atoms with Crippen LogP contribution in [-0.4, -0.2) is 52.1 Å². The smallest absolute Gasteiger partial charge is 0.230 e. The van der Waals surface area contributed by atoms with E-state index in [0.717, 1.165) is 36.7 Å². The monoisotopic (exact) mass is 315 g/mol. The van der Waals surface area contributed by atoms with Crippen molar-refractivity contribution >= 4 is 11.7 Å². The Labute approximate surface area is 135 Å². The standard InChI is InChI=1S/C16H21N5O2/c1-3-13-9-15(18-11-17-13)20-4-6-21(7-5-20)16(22)10-14-8-12(2)19-23-14/h8-9,11H,3-7,10H2,1-2H3. The van der Waals surface area contributed by atoms with Crippen molar-refractivity contribution in [1.82, 2.24) is 20.0 Å². The van der Waals surface area contributed by atoms with Gasteiger partial charge in [0.05, 0.1) is 12.1 Å². The highest BCUT2D eigenvalue weighted by Crippen LogP contribution is 2.15. The van der Waals surface area contributed by atoms with E-state index >= 15 is 0 Å². The van der Waals surface area contributed by atoms with E-state index in [1.807, 2.05) is 17.9 Å². The number of piperazine rings is 1. The molecule has 122 valence electrons. The van der Waals surface area contributed by atoms with Gasteiger partial charge in [-0.15, -0.1) is 0 Å². The molecule has 1 aliphatic rings. The van der Waals surface area contributed by atoms with Crippen LogP contribution < -0.4 is 4.90 Å². The van der Waals surface area contributed by atoms with Crippen LogP contribution in [0.25, 0.3) is 0 Å². The van der Waals surface area contributed by atoms with Gasteiger partial charge >= 0.3 is 0 Å². The molecule has 3 rings (SSSR count). The fraction of sp³-hybridized carbons (Fsp3) is 0.500. The zero-order valence-electron chi connectivity index (χ0n) is 13.5. The lowest BCUT2D eigenvalue weighted by Crippen LogP contribution is -2.49. The van der Waals surface area contributed by atoms with Crippen LogP contribution in [0.15, 0.2) is 23.0 Å². The second-order valence-electron chi connectivity index (χ2n) is 5.70. The molecule has 1 saturated heterocycles. The summed E-state index contributed by atoms with van der Waals surface area (Å²) >= 11 is 0. The molecular formula is C16H21N5O2. The number of aromatic nitrogens is 3. The molecule has 0 radical (unpaired) electrons. The van der Waals surface area contributed by atoms with Crippen LogP contribution in [-0.2, 0) is 17.6 Å². The summed E-state index contributed by atoms with van der Waals surface area (Å²) in [6, 6.07) is 3.83. The van der Waals surface area contributed by atoms with Gasteiger partial charge in [-0.25, -0.2) is 9.97 Å². The normalized spacial score (nSPS) is 15.0. The lowest BCUT2D eigenvalue weighted by Gasteiger charge is -2.35. The summed E-state index contributed by atoms with van der Waals surface area (Å²) in [5, 5.41) is 3.81. The quantitative estimate of drug-likeness (QED) is 0.844. The fourth-order valence-electron chi connectivity index (χ4n) is 2.70. The summed E-state index contributed by atoms with van der Waals surface area (Å²) in [5.74, 6) is 1.64. The van der Waals surface area contributed by atoms with Crippen molar-refractivity contribution < 1.29 is 9.32 Å².